The van der Waals surface area contributed by atoms with E-state index in [1.807, 2.05) is 45.3 Å². The average molecular weight is 295 g/mol. The van der Waals surface area contributed by atoms with Crippen LogP contribution in [-0.4, -0.2) is 25.7 Å². The number of nitrogens with one attached hydrogen (secondary N) is 1. The molecular weight excluding hydrogens is 277 g/mol. The summed E-state index contributed by atoms with van der Waals surface area (Å²) in [4.78, 5) is 1.23. The molecule has 0 bridgehead atoms. The van der Waals surface area contributed by atoms with Crippen molar-refractivity contribution in [1.82, 2.24) is 0 Å². The van der Waals surface area contributed by atoms with Gasteiger partial charge in [-0.3, -0.25) is 0 Å². The molecule has 0 radical (unpaired) electrons. The Hall–Kier alpha value is -0.0900. The van der Waals surface area contributed by atoms with E-state index in [9.17, 15) is 5.11 Å². The van der Waals surface area contributed by atoms with E-state index in [0.717, 1.165) is 10.0 Å². The SMILES string of the molecule is C[NH+](C)CC(C)(O)c1ccc(Br)cc1.[Cl-]. The summed E-state index contributed by atoms with van der Waals surface area (Å²) in [5.41, 5.74) is 0.210. The van der Waals surface area contributed by atoms with E-state index in [1.165, 1.54) is 4.90 Å². The first-order chi connectivity index (χ1) is 6.42. The number of benzene rings is 1. The first-order valence-electron chi connectivity index (χ1n) is 4.69. The van der Waals surface area contributed by atoms with Gasteiger partial charge in [-0.25, -0.2) is 0 Å². The topological polar surface area (TPSA) is 24.7 Å². The van der Waals surface area contributed by atoms with Crippen molar-refractivity contribution in [3.8, 4) is 0 Å². The second kappa shape index (κ2) is 5.85. The molecule has 0 spiro atoms. The van der Waals surface area contributed by atoms with E-state index in [1.54, 1.807) is 0 Å². The third-order valence-electron chi connectivity index (χ3n) is 2.16. The highest BCUT2D eigenvalue weighted by Crippen LogP contribution is 2.20. The van der Waals surface area contributed by atoms with Crippen LogP contribution < -0.4 is 17.3 Å². The third kappa shape index (κ3) is 4.51. The van der Waals surface area contributed by atoms with Crippen molar-refractivity contribution in [2.45, 2.75) is 12.5 Å². The van der Waals surface area contributed by atoms with Gasteiger partial charge in [0.15, 0.2) is 0 Å². The van der Waals surface area contributed by atoms with Gasteiger partial charge in [-0.05, 0) is 24.6 Å². The number of aliphatic hydroxyl groups is 1. The minimum Gasteiger partial charge on any atom is -1.00 e. The minimum atomic E-state index is -0.750. The van der Waals surface area contributed by atoms with Gasteiger partial charge in [-0.15, -0.1) is 0 Å². The monoisotopic (exact) mass is 293 g/mol. The van der Waals surface area contributed by atoms with Crippen LogP contribution in [0.2, 0.25) is 0 Å². The van der Waals surface area contributed by atoms with Crippen molar-refractivity contribution in [2.24, 2.45) is 0 Å². The van der Waals surface area contributed by atoms with Crippen molar-refractivity contribution in [1.29, 1.82) is 0 Å². The zero-order chi connectivity index (χ0) is 10.8. The molecule has 0 amide bonds. The maximum Gasteiger partial charge on any atom is 0.135 e. The van der Waals surface area contributed by atoms with Gasteiger partial charge in [-0.2, -0.15) is 0 Å². The Bertz CT molecular complexity index is 298. The molecule has 0 aliphatic carbocycles. The van der Waals surface area contributed by atoms with Gasteiger partial charge in [0.05, 0.1) is 14.1 Å². The number of quaternary nitrogens is 1. The van der Waals surface area contributed by atoms with Gasteiger partial charge in [0, 0.05) is 4.47 Å². The summed E-state index contributed by atoms with van der Waals surface area (Å²) in [5, 5.41) is 10.2. The van der Waals surface area contributed by atoms with E-state index < -0.39 is 5.60 Å². The number of hydrogen-bond acceptors (Lipinski definition) is 1. The number of likely N-dealkylation sites (N-methyl/N-ethyl adjacent to an activating group) is 1. The Balaban J connectivity index is 0.00000196. The van der Waals surface area contributed by atoms with Crippen molar-refractivity contribution in [2.75, 3.05) is 20.6 Å². The van der Waals surface area contributed by atoms with E-state index in [-0.39, 0.29) is 12.4 Å². The van der Waals surface area contributed by atoms with Crippen molar-refractivity contribution in [3.05, 3.63) is 34.3 Å². The molecule has 1 aromatic rings. The third-order valence-corrected chi connectivity index (χ3v) is 2.69. The Kier molecular flexibility index (Phi) is 5.81. The maximum atomic E-state index is 10.2. The Morgan fingerprint density at radius 2 is 1.73 bits per heavy atom. The van der Waals surface area contributed by atoms with Gasteiger partial charge >= 0.3 is 0 Å². The number of rotatable bonds is 3. The normalized spacial score (nSPS) is 14.5. The maximum absolute atomic E-state index is 10.2. The van der Waals surface area contributed by atoms with Crippen LogP contribution in [0.25, 0.3) is 0 Å². The first-order valence-corrected chi connectivity index (χ1v) is 5.48. The molecule has 0 fully saturated rings. The van der Waals surface area contributed by atoms with Crippen molar-refractivity contribution >= 4 is 15.9 Å². The lowest BCUT2D eigenvalue weighted by Crippen LogP contribution is -3.07. The van der Waals surface area contributed by atoms with Crippen LogP contribution in [0.1, 0.15) is 12.5 Å². The zero-order valence-electron chi connectivity index (χ0n) is 9.22. The molecule has 0 aromatic heterocycles. The zero-order valence-corrected chi connectivity index (χ0v) is 11.6. The smallest absolute Gasteiger partial charge is 0.135 e. The van der Waals surface area contributed by atoms with Crippen molar-refractivity contribution in [3.63, 3.8) is 0 Å². The van der Waals surface area contributed by atoms with Crippen LogP contribution in [0, 0.1) is 0 Å². The summed E-state index contributed by atoms with van der Waals surface area (Å²) in [7, 11) is 4.07. The number of halogens is 2. The largest absolute Gasteiger partial charge is 1.00 e. The van der Waals surface area contributed by atoms with Gasteiger partial charge in [-0.1, -0.05) is 28.1 Å². The molecule has 1 atom stereocenters. The van der Waals surface area contributed by atoms with Crippen molar-refractivity contribution < 1.29 is 22.4 Å². The average Bonchev–Trinajstić information content (AvgIpc) is 2.02. The molecule has 1 aromatic carbocycles. The molecule has 0 saturated carbocycles. The minimum absolute atomic E-state index is 0. The summed E-state index contributed by atoms with van der Waals surface area (Å²) < 4.78 is 1.04. The first kappa shape index (κ1) is 14.9. The van der Waals surface area contributed by atoms with Gasteiger partial charge in [0.1, 0.15) is 12.1 Å². The lowest BCUT2D eigenvalue weighted by molar-refractivity contribution is -0.866. The molecule has 0 aliphatic heterocycles. The van der Waals surface area contributed by atoms with E-state index in [4.69, 9.17) is 0 Å². The van der Waals surface area contributed by atoms with Gasteiger partial charge in [0.2, 0.25) is 0 Å². The summed E-state index contributed by atoms with van der Waals surface area (Å²) >= 11 is 3.38. The summed E-state index contributed by atoms with van der Waals surface area (Å²) in [6.07, 6.45) is 0. The van der Waals surface area contributed by atoms with E-state index in [0.29, 0.717) is 6.54 Å². The van der Waals surface area contributed by atoms with Crippen LogP contribution in [-0.2, 0) is 5.60 Å². The molecule has 0 heterocycles. The molecule has 4 heteroatoms. The highest BCUT2D eigenvalue weighted by molar-refractivity contribution is 9.10. The predicted octanol–water partition coefficient (Wildman–Crippen LogP) is -2.19. The van der Waals surface area contributed by atoms with E-state index >= 15 is 0 Å². The summed E-state index contributed by atoms with van der Waals surface area (Å²) in [6, 6.07) is 7.81. The fourth-order valence-electron chi connectivity index (χ4n) is 1.60. The number of hydrogen-bond donors (Lipinski definition) is 2. The van der Waals surface area contributed by atoms with Crippen LogP contribution >= 0.6 is 15.9 Å². The van der Waals surface area contributed by atoms with Gasteiger partial charge < -0.3 is 22.4 Å². The molecule has 15 heavy (non-hydrogen) atoms. The van der Waals surface area contributed by atoms with Crippen LogP contribution in [0.4, 0.5) is 0 Å². The molecule has 2 N–H and O–H groups in total. The highest BCUT2D eigenvalue weighted by atomic mass is 79.9. The van der Waals surface area contributed by atoms with Crippen LogP contribution in [0.3, 0.4) is 0 Å². The predicted molar refractivity (Wildman–Crippen MR) is 61.4 cm³/mol. The lowest BCUT2D eigenvalue weighted by atomic mass is 9.96. The highest BCUT2D eigenvalue weighted by Gasteiger charge is 2.26. The second-order valence-electron chi connectivity index (χ2n) is 4.16. The molecular formula is C11H17BrClNO. The molecule has 1 rings (SSSR count). The van der Waals surface area contributed by atoms with Crippen LogP contribution in [0.15, 0.2) is 28.7 Å². The molecule has 2 nitrogen and oxygen atoms in total. The Morgan fingerprint density at radius 1 is 1.27 bits per heavy atom. The molecule has 0 aliphatic rings. The molecule has 86 valence electrons. The van der Waals surface area contributed by atoms with Crippen LogP contribution in [0.5, 0.6) is 0 Å². The van der Waals surface area contributed by atoms with E-state index in [2.05, 4.69) is 15.9 Å². The van der Waals surface area contributed by atoms with Gasteiger partial charge in [0.25, 0.3) is 0 Å². The quantitative estimate of drug-likeness (QED) is 0.650. The molecule has 0 saturated heterocycles. The molecule has 1 unspecified atom stereocenters. The fourth-order valence-corrected chi connectivity index (χ4v) is 1.86. The fraction of sp³-hybridized carbons (Fsp3) is 0.455. The summed E-state index contributed by atoms with van der Waals surface area (Å²) in [5.74, 6) is 0. The Morgan fingerprint density at radius 3 is 2.13 bits per heavy atom. The Labute approximate surface area is 106 Å². The second-order valence-corrected chi connectivity index (χ2v) is 5.08. The standard InChI is InChI=1S/C11H16BrNO.ClH/c1-11(14,8-13(2)3)9-4-6-10(12)7-5-9;/h4-7,14H,8H2,1-3H3;1H. The summed E-state index contributed by atoms with van der Waals surface area (Å²) in [6.45, 7) is 2.55. The lowest BCUT2D eigenvalue weighted by Gasteiger charge is -2.25.